The molecule has 1 aliphatic heterocycles. The van der Waals surface area contributed by atoms with Crippen LogP contribution in [0.5, 0.6) is 0 Å². The van der Waals surface area contributed by atoms with Gasteiger partial charge < -0.3 is 9.80 Å². The van der Waals surface area contributed by atoms with E-state index < -0.39 is 0 Å². The van der Waals surface area contributed by atoms with Crippen molar-refractivity contribution in [2.45, 2.75) is 32.7 Å². The number of hydrogen-bond acceptors (Lipinski definition) is 5. The number of nitrogens with zero attached hydrogens (tertiary/aromatic N) is 5. The fourth-order valence-corrected chi connectivity index (χ4v) is 5.33. The molecule has 0 saturated carbocycles. The Morgan fingerprint density at radius 3 is 2.61 bits per heavy atom. The second-order valence-electron chi connectivity index (χ2n) is 8.35. The predicted octanol–water partition coefficient (Wildman–Crippen LogP) is 4.79. The fourth-order valence-electron chi connectivity index (χ4n) is 4.11. The second kappa shape index (κ2) is 9.95. The van der Waals surface area contributed by atoms with Crippen LogP contribution in [0.3, 0.4) is 0 Å². The van der Waals surface area contributed by atoms with Gasteiger partial charge in [-0.1, -0.05) is 41.9 Å². The molecule has 0 bridgehead atoms. The first-order valence-electron chi connectivity index (χ1n) is 10.7. The van der Waals surface area contributed by atoms with Crippen LogP contribution in [0.2, 0.25) is 0 Å². The number of piperazine rings is 1. The lowest BCUT2D eigenvalue weighted by molar-refractivity contribution is -0.132. The number of amides is 2. The van der Waals surface area contributed by atoms with Crippen LogP contribution in [-0.4, -0.2) is 67.9 Å². The molecule has 1 saturated heterocycles. The number of carbonyl (C=O) groups excluding carboxylic acids is 2. The first-order valence-corrected chi connectivity index (χ1v) is 12.9. The Bertz CT molecular complexity index is 1160. The van der Waals surface area contributed by atoms with Gasteiger partial charge in [0.15, 0.2) is 0 Å². The molecule has 174 valence electrons. The summed E-state index contributed by atoms with van der Waals surface area (Å²) < 4.78 is 2.79. The molecule has 1 aromatic carbocycles. The van der Waals surface area contributed by atoms with E-state index in [9.17, 15) is 9.59 Å². The van der Waals surface area contributed by atoms with Crippen LogP contribution in [0, 0.1) is 0 Å². The van der Waals surface area contributed by atoms with Gasteiger partial charge in [0.1, 0.15) is 5.88 Å². The Kier molecular flexibility index (Phi) is 7.21. The number of halogens is 2. The average Bonchev–Trinajstić information content (AvgIpc) is 3.46. The van der Waals surface area contributed by atoms with Gasteiger partial charge in [-0.3, -0.25) is 9.59 Å². The third-order valence-electron chi connectivity index (χ3n) is 5.75. The van der Waals surface area contributed by atoms with Crippen molar-refractivity contribution in [2.24, 2.45) is 0 Å². The smallest absolute Gasteiger partial charge is 0.257 e. The highest BCUT2D eigenvalue weighted by Crippen LogP contribution is 2.29. The minimum absolute atomic E-state index is 0.0430. The molecule has 33 heavy (non-hydrogen) atoms. The van der Waals surface area contributed by atoms with Crippen molar-refractivity contribution >= 4 is 50.7 Å². The van der Waals surface area contributed by atoms with Gasteiger partial charge in [-0.25, -0.2) is 9.67 Å². The van der Waals surface area contributed by atoms with Crippen molar-refractivity contribution < 1.29 is 9.59 Å². The van der Waals surface area contributed by atoms with Crippen LogP contribution in [-0.2, 0) is 4.79 Å². The summed E-state index contributed by atoms with van der Waals surface area (Å²) in [5, 5.41) is 7.27. The van der Waals surface area contributed by atoms with Crippen molar-refractivity contribution in [1.82, 2.24) is 24.6 Å². The molecule has 2 aromatic heterocycles. The Hall–Kier alpha value is -2.23. The Morgan fingerprint density at radius 2 is 1.97 bits per heavy atom. The Morgan fingerprint density at radius 1 is 1.24 bits per heavy atom. The molecule has 3 aromatic rings. The fraction of sp³-hybridized carbons (Fsp3) is 0.391. The van der Waals surface area contributed by atoms with E-state index in [0.29, 0.717) is 25.2 Å². The molecule has 0 N–H and O–H groups in total. The highest BCUT2D eigenvalue weighted by Gasteiger charge is 2.32. The number of alkyl halides is 1. The number of carbonyl (C=O) groups is 2. The van der Waals surface area contributed by atoms with Crippen LogP contribution in [0.4, 0.5) is 0 Å². The highest BCUT2D eigenvalue weighted by atomic mass is 79.9. The summed E-state index contributed by atoms with van der Waals surface area (Å²) in [6.07, 6.45) is 1.64. The normalized spacial score (nSPS) is 16.5. The molecular weight excluding hydrogens is 526 g/mol. The first kappa shape index (κ1) is 23.9. The Labute approximate surface area is 210 Å². The second-order valence-corrected chi connectivity index (χ2v) is 10.4. The van der Waals surface area contributed by atoms with E-state index in [0.717, 1.165) is 26.6 Å². The number of aromatic nitrogens is 3. The summed E-state index contributed by atoms with van der Waals surface area (Å²) >= 11 is 10.7. The van der Waals surface area contributed by atoms with E-state index in [-0.39, 0.29) is 29.7 Å². The minimum Gasteiger partial charge on any atom is -0.335 e. The third-order valence-corrected chi connectivity index (χ3v) is 7.32. The van der Waals surface area contributed by atoms with Gasteiger partial charge in [0, 0.05) is 41.1 Å². The molecule has 2 amide bonds. The predicted molar refractivity (Wildman–Crippen MR) is 134 cm³/mol. The average molecular weight is 551 g/mol. The maximum absolute atomic E-state index is 13.4. The van der Waals surface area contributed by atoms with Crippen LogP contribution in [0.25, 0.3) is 16.4 Å². The maximum atomic E-state index is 13.4. The largest absolute Gasteiger partial charge is 0.335 e. The maximum Gasteiger partial charge on any atom is 0.257 e. The van der Waals surface area contributed by atoms with Crippen LogP contribution in [0.15, 0.2) is 40.3 Å². The number of benzene rings is 1. The topological polar surface area (TPSA) is 71.3 Å². The number of hydrogen-bond donors (Lipinski definition) is 0. The lowest BCUT2D eigenvalue weighted by atomic mass is 10.0. The third kappa shape index (κ3) is 4.85. The van der Waals surface area contributed by atoms with Gasteiger partial charge in [0.2, 0.25) is 11.0 Å². The van der Waals surface area contributed by atoms with E-state index in [2.05, 4.69) is 21.0 Å². The molecule has 4 rings (SSSR count). The number of rotatable bonds is 5. The van der Waals surface area contributed by atoms with Gasteiger partial charge in [-0.2, -0.15) is 5.10 Å². The summed E-state index contributed by atoms with van der Waals surface area (Å²) in [4.78, 5) is 33.8. The van der Waals surface area contributed by atoms with Crippen molar-refractivity contribution in [3.05, 3.63) is 51.6 Å². The molecule has 0 aliphatic carbocycles. The molecule has 0 spiro atoms. The van der Waals surface area contributed by atoms with E-state index in [1.54, 1.807) is 20.7 Å². The molecule has 7 nitrogen and oxygen atoms in total. The summed E-state index contributed by atoms with van der Waals surface area (Å²) in [7, 11) is 0. The zero-order valence-electron chi connectivity index (χ0n) is 18.7. The summed E-state index contributed by atoms with van der Waals surface area (Å²) in [6.45, 7) is 7.46. The standard InChI is InChI=1S/C23H25BrClN5O2S/c1-14(2)21-18(22(32)28-8-9-29(15(3)12-28)20(31)10-25)11-26-30(21)23-27-19(13-33-23)16-4-6-17(24)7-5-16/h4-7,11,13-15H,8-10,12H2,1-3H3/t15-/m1/s1. The highest BCUT2D eigenvalue weighted by molar-refractivity contribution is 9.10. The lowest BCUT2D eigenvalue weighted by Gasteiger charge is -2.39. The van der Waals surface area contributed by atoms with Gasteiger partial charge >= 0.3 is 0 Å². The Balaban J connectivity index is 1.60. The van der Waals surface area contributed by atoms with Gasteiger partial charge in [-0.15, -0.1) is 22.9 Å². The molecule has 10 heteroatoms. The molecule has 0 radical (unpaired) electrons. The zero-order valence-corrected chi connectivity index (χ0v) is 21.8. The van der Waals surface area contributed by atoms with Gasteiger partial charge in [0.05, 0.1) is 23.1 Å². The molecule has 3 heterocycles. The molecule has 1 aliphatic rings. The van der Waals surface area contributed by atoms with E-state index in [4.69, 9.17) is 16.6 Å². The SMILES string of the molecule is CC(C)c1c(C(=O)N2CCN(C(=O)CCl)[C@H](C)C2)cnn1-c1nc(-c2ccc(Br)cc2)cs1. The van der Waals surface area contributed by atoms with Crippen LogP contribution in [0.1, 0.15) is 42.7 Å². The van der Waals surface area contributed by atoms with Gasteiger partial charge in [-0.05, 0) is 25.0 Å². The quantitative estimate of drug-likeness (QED) is 0.428. The van der Waals surface area contributed by atoms with Crippen LogP contribution < -0.4 is 0 Å². The summed E-state index contributed by atoms with van der Waals surface area (Å²) in [5.74, 6) is -0.140. The van der Waals surface area contributed by atoms with Crippen molar-refractivity contribution in [1.29, 1.82) is 0 Å². The summed E-state index contributed by atoms with van der Waals surface area (Å²) in [5.41, 5.74) is 3.31. The van der Waals surface area contributed by atoms with E-state index in [1.165, 1.54) is 11.3 Å². The first-order chi connectivity index (χ1) is 15.8. The summed E-state index contributed by atoms with van der Waals surface area (Å²) in [6, 6.07) is 7.92. The van der Waals surface area contributed by atoms with Crippen molar-refractivity contribution in [3.8, 4) is 16.4 Å². The molecular formula is C23H25BrClN5O2S. The van der Waals surface area contributed by atoms with Crippen molar-refractivity contribution in [3.63, 3.8) is 0 Å². The van der Waals surface area contributed by atoms with E-state index >= 15 is 0 Å². The zero-order chi connectivity index (χ0) is 23.7. The van der Waals surface area contributed by atoms with Gasteiger partial charge in [0.25, 0.3) is 5.91 Å². The minimum atomic E-state index is -0.0997. The van der Waals surface area contributed by atoms with Crippen LogP contribution >= 0.6 is 38.9 Å². The lowest BCUT2D eigenvalue weighted by Crippen LogP contribution is -2.55. The molecule has 1 atom stereocenters. The number of thiazole rings is 1. The van der Waals surface area contributed by atoms with Crippen molar-refractivity contribution in [2.75, 3.05) is 25.5 Å². The monoisotopic (exact) mass is 549 g/mol. The van der Waals surface area contributed by atoms with E-state index in [1.807, 2.05) is 50.4 Å². The molecule has 0 unspecified atom stereocenters. The molecule has 1 fully saturated rings.